The molecule has 0 radical (unpaired) electrons. The molecule has 0 spiro atoms. The van der Waals surface area contributed by atoms with Crippen molar-refractivity contribution in [2.45, 2.75) is 29.1 Å². The second-order valence-electron chi connectivity index (χ2n) is 9.80. The Balaban J connectivity index is 0.00000370. The molecule has 3 heterocycles. The summed E-state index contributed by atoms with van der Waals surface area (Å²) in [6, 6.07) is 10.8. The van der Waals surface area contributed by atoms with Gasteiger partial charge < -0.3 is 4.74 Å². The fourth-order valence-electron chi connectivity index (χ4n) is 4.77. The average Bonchev–Trinajstić information content (AvgIpc) is 3.37. The zero-order valence-corrected chi connectivity index (χ0v) is 25.5. The lowest BCUT2D eigenvalue weighted by Gasteiger charge is -2.29. The molecular formula is C26H33ClN4O6S3. The van der Waals surface area contributed by atoms with E-state index in [4.69, 9.17) is 4.74 Å². The van der Waals surface area contributed by atoms with E-state index in [1.54, 1.807) is 29.2 Å². The standard InChI is InChI=1S/C26H32N4O6S3.ClH/c1-38(32,33)22-9-10-23-24(19-22)37-26(27-23)30(14-13-28-15-17-36-18-16-28)25(31)20-5-7-21(8-6-20)39(34,35)29-11-3-2-4-12-29;/h5-10,19H,2-4,11-18H2,1H3;1H. The van der Waals surface area contributed by atoms with E-state index in [1.807, 2.05) is 0 Å². The van der Waals surface area contributed by atoms with Crippen LogP contribution in [0.15, 0.2) is 52.3 Å². The van der Waals surface area contributed by atoms with Crippen molar-refractivity contribution in [3.05, 3.63) is 48.0 Å². The molecule has 0 saturated carbocycles. The Labute approximate surface area is 245 Å². The van der Waals surface area contributed by atoms with Crippen molar-refractivity contribution in [2.24, 2.45) is 0 Å². The van der Waals surface area contributed by atoms with E-state index in [-0.39, 0.29) is 28.1 Å². The molecule has 1 aromatic heterocycles. The number of hydrogen-bond donors (Lipinski definition) is 0. The van der Waals surface area contributed by atoms with Gasteiger partial charge in [-0.3, -0.25) is 14.6 Å². The molecule has 218 valence electrons. The van der Waals surface area contributed by atoms with E-state index < -0.39 is 19.9 Å². The van der Waals surface area contributed by atoms with Crippen LogP contribution in [0.25, 0.3) is 10.2 Å². The van der Waals surface area contributed by atoms with Crippen LogP contribution >= 0.6 is 23.7 Å². The molecule has 14 heteroatoms. The number of carbonyl (C=O) groups excluding carboxylic acids is 1. The molecule has 0 aliphatic carbocycles. The Hall–Kier alpha value is -2.13. The highest BCUT2D eigenvalue weighted by atomic mass is 35.5. The maximum absolute atomic E-state index is 13.8. The quantitative estimate of drug-likeness (QED) is 0.373. The minimum Gasteiger partial charge on any atom is -0.379 e. The Kier molecular flexibility index (Phi) is 9.87. The van der Waals surface area contributed by atoms with Gasteiger partial charge in [-0.1, -0.05) is 17.8 Å². The van der Waals surface area contributed by atoms with Crippen molar-refractivity contribution in [3.63, 3.8) is 0 Å². The number of morpholine rings is 1. The number of fused-ring (bicyclic) bond motifs is 1. The molecule has 2 fully saturated rings. The van der Waals surface area contributed by atoms with Gasteiger partial charge in [0.2, 0.25) is 10.0 Å². The molecule has 2 aromatic carbocycles. The Morgan fingerprint density at radius 1 is 0.950 bits per heavy atom. The van der Waals surface area contributed by atoms with E-state index in [1.165, 1.54) is 33.8 Å². The predicted molar refractivity (Wildman–Crippen MR) is 158 cm³/mol. The molecule has 10 nitrogen and oxygen atoms in total. The molecule has 1 amide bonds. The highest BCUT2D eigenvalue weighted by molar-refractivity contribution is 7.90. The maximum Gasteiger partial charge on any atom is 0.260 e. The zero-order chi connectivity index (χ0) is 27.6. The van der Waals surface area contributed by atoms with Crippen molar-refractivity contribution >= 4 is 64.9 Å². The largest absolute Gasteiger partial charge is 0.379 e. The van der Waals surface area contributed by atoms with E-state index in [9.17, 15) is 21.6 Å². The third kappa shape index (κ3) is 6.84. The van der Waals surface area contributed by atoms with Crippen LogP contribution in [-0.4, -0.2) is 95.7 Å². The van der Waals surface area contributed by atoms with Crippen molar-refractivity contribution in [1.29, 1.82) is 0 Å². The van der Waals surface area contributed by atoms with Gasteiger partial charge in [-0.05, 0) is 55.3 Å². The van der Waals surface area contributed by atoms with Crippen LogP contribution in [0.1, 0.15) is 29.6 Å². The van der Waals surface area contributed by atoms with Crippen LogP contribution in [0.3, 0.4) is 0 Å². The maximum atomic E-state index is 13.8. The highest BCUT2D eigenvalue weighted by Crippen LogP contribution is 2.32. The van der Waals surface area contributed by atoms with Crippen molar-refractivity contribution in [3.8, 4) is 0 Å². The van der Waals surface area contributed by atoms with Crippen LogP contribution in [-0.2, 0) is 24.6 Å². The minimum absolute atomic E-state index is 0. The third-order valence-corrected chi connectivity index (χ3v) is 11.1. The van der Waals surface area contributed by atoms with Crippen LogP contribution in [0, 0.1) is 0 Å². The zero-order valence-electron chi connectivity index (χ0n) is 22.2. The van der Waals surface area contributed by atoms with Crippen LogP contribution in [0.4, 0.5) is 5.13 Å². The second-order valence-corrected chi connectivity index (χ2v) is 14.8. The number of amides is 1. The number of carbonyl (C=O) groups is 1. The molecule has 40 heavy (non-hydrogen) atoms. The monoisotopic (exact) mass is 628 g/mol. The first kappa shape index (κ1) is 30.8. The van der Waals surface area contributed by atoms with Crippen molar-refractivity contribution in [2.75, 3.05) is 63.6 Å². The Morgan fingerprint density at radius 3 is 2.25 bits per heavy atom. The van der Waals surface area contributed by atoms with Gasteiger partial charge in [0, 0.05) is 51.1 Å². The van der Waals surface area contributed by atoms with Gasteiger partial charge in [0.25, 0.3) is 5.91 Å². The number of anilines is 1. The summed E-state index contributed by atoms with van der Waals surface area (Å²) in [6.45, 7) is 4.80. The van der Waals surface area contributed by atoms with Gasteiger partial charge in [0.1, 0.15) is 0 Å². The summed E-state index contributed by atoms with van der Waals surface area (Å²) < 4.78 is 57.8. The number of rotatable bonds is 8. The van der Waals surface area contributed by atoms with Gasteiger partial charge >= 0.3 is 0 Å². The number of sulfone groups is 1. The molecule has 5 rings (SSSR count). The molecule has 0 unspecified atom stereocenters. The lowest BCUT2D eigenvalue weighted by atomic mass is 10.2. The molecular weight excluding hydrogens is 596 g/mol. The van der Waals surface area contributed by atoms with Crippen molar-refractivity contribution in [1.82, 2.24) is 14.2 Å². The number of thiazole rings is 1. The van der Waals surface area contributed by atoms with Gasteiger partial charge in [-0.2, -0.15) is 4.31 Å². The molecule has 2 aliphatic rings. The summed E-state index contributed by atoms with van der Waals surface area (Å²) >= 11 is 1.26. The number of sulfonamides is 1. The number of hydrogen-bond acceptors (Lipinski definition) is 9. The molecule has 0 atom stereocenters. The van der Waals surface area contributed by atoms with Gasteiger partial charge in [0.05, 0.1) is 33.2 Å². The molecule has 0 bridgehead atoms. The summed E-state index contributed by atoms with van der Waals surface area (Å²) in [5, 5.41) is 0.457. The highest BCUT2D eigenvalue weighted by Gasteiger charge is 2.27. The van der Waals surface area contributed by atoms with E-state index in [0.29, 0.717) is 60.3 Å². The smallest absolute Gasteiger partial charge is 0.260 e. The molecule has 2 aliphatic heterocycles. The SMILES string of the molecule is CS(=O)(=O)c1ccc2nc(N(CCN3CCOCC3)C(=O)c3ccc(S(=O)(=O)N4CCCCC4)cc3)sc2c1.Cl. The van der Waals surface area contributed by atoms with Crippen LogP contribution < -0.4 is 4.90 Å². The Morgan fingerprint density at radius 2 is 1.60 bits per heavy atom. The molecule has 0 N–H and O–H groups in total. The summed E-state index contributed by atoms with van der Waals surface area (Å²) in [4.78, 5) is 22.6. The first-order valence-electron chi connectivity index (χ1n) is 13.0. The van der Waals surface area contributed by atoms with E-state index in [2.05, 4.69) is 9.88 Å². The lowest BCUT2D eigenvalue weighted by molar-refractivity contribution is 0.0391. The fourth-order valence-corrected chi connectivity index (χ4v) is 8.04. The number of halogens is 1. The Bertz CT molecular complexity index is 1550. The second kappa shape index (κ2) is 12.8. The summed E-state index contributed by atoms with van der Waals surface area (Å²) in [5.41, 5.74) is 0.959. The number of ether oxygens (including phenoxy) is 1. The third-order valence-electron chi connectivity index (χ3n) is 7.05. The predicted octanol–water partition coefficient (Wildman–Crippen LogP) is 3.28. The number of aromatic nitrogens is 1. The first-order valence-corrected chi connectivity index (χ1v) is 17.1. The van der Waals surface area contributed by atoms with E-state index >= 15 is 0 Å². The topological polar surface area (TPSA) is 117 Å². The summed E-state index contributed by atoms with van der Waals surface area (Å²) in [5.74, 6) is -0.299. The number of benzene rings is 2. The van der Waals surface area contributed by atoms with Crippen LogP contribution in [0.2, 0.25) is 0 Å². The molecule has 2 saturated heterocycles. The average molecular weight is 629 g/mol. The van der Waals surface area contributed by atoms with Crippen LogP contribution in [0.5, 0.6) is 0 Å². The number of piperidine rings is 1. The van der Waals surface area contributed by atoms with Gasteiger partial charge in [-0.25, -0.2) is 21.8 Å². The summed E-state index contributed by atoms with van der Waals surface area (Å²) in [6.07, 6.45) is 3.88. The molecule has 3 aromatic rings. The first-order chi connectivity index (χ1) is 18.6. The van der Waals surface area contributed by atoms with E-state index in [0.717, 1.165) is 38.6 Å². The fraction of sp³-hybridized carbons (Fsp3) is 0.462. The lowest BCUT2D eigenvalue weighted by Crippen LogP contribution is -2.43. The van der Waals surface area contributed by atoms with Gasteiger partial charge in [-0.15, -0.1) is 12.4 Å². The number of nitrogens with zero attached hydrogens (tertiary/aromatic N) is 4. The van der Waals surface area contributed by atoms with Gasteiger partial charge in [0.15, 0.2) is 15.0 Å². The summed E-state index contributed by atoms with van der Waals surface area (Å²) in [7, 11) is -6.99. The normalized spacial score (nSPS) is 17.4. The van der Waals surface area contributed by atoms with Crippen molar-refractivity contribution < 1.29 is 26.4 Å². The minimum atomic E-state index is -3.60.